The number of anilines is 1. The zero-order valence-electron chi connectivity index (χ0n) is 16.0. The van der Waals surface area contributed by atoms with Gasteiger partial charge in [0.2, 0.25) is 5.92 Å². The van der Waals surface area contributed by atoms with E-state index in [-0.39, 0.29) is 12.8 Å². The number of halogens is 2. The molecule has 30 heavy (non-hydrogen) atoms. The molecule has 2 aliphatic rings. The maximum absolute atomic E-state index is 13.5. The second-order valence-electron chi connectivity index (χ2n) is 7.70. The average Bonchev–Trinajstić information content (AvgIpc) is 2.95. The maximum atomic E-state index is 13.5. The van der Waals surface area contributed by atoms with E-state index in [4.69, 9.17) is 5.73 Å². The second-order valence-corrected chi connectivity index (χ2v) is 7.70. The molecule has 1 aliphatic carbocycles. The Balaban J connectivity index is 1.47. The summed E-state index contributed by atoms with van der Waals surface area (Å²) in [5.41, 5.74) is 6.34. The summed E-state index contributed by atoms with van der Waals surface area (Å²) in [5, 5.41) is 2.53. The van der Waals surface area contributed by atoms with Crippen LogP contribution in [0.1, 0.15) is 36.0 Å². The predicted molar refractivity (Wildman–Crippen MR) is 105 cm³/mol. The quantitative estimate of drug-likeness (QED) is 0.591. The van der Waals surface area contributed by atoms with Crippen molar-refractivity contribution < 1.29 is 23.2 Å². The van der Waals surface area contributed by atoms with Crippen molar-refractivity contribution in [3.8, 4) is 11.1 Å². The van der Waals surface area contributed by atoms with Crippen LogP contribution in [-0.4, -0.2) is 45.6 Å². The number of carbonyl (C=O) groups is 3. The van der Waals surface area contributed by atoms with E-state index in [2.05, 4.69) is 10.3 Å². The molecule has 156 valence electrons. The standard InChI is InChI=1S/C21H20F2N4O3/c22-21(23)9-7-20(8-10-21)18(29)27(19(30)26-20)12-16(28)14-5-3-13(4-6-14)15-2-1-11-25-17(15)24/h1-6,11H,7-10,12H2,(H2,24,25)(H,26,30). The lowest BCUT2D eigenvalue weighted by atomic mass is 9.80. The molecule has 9 heteroatoms. The molecule has 0 radical (unpaired) electrons. The van der Waals surface area contributed by atoms with E-state index in [1.54, 1.807) is 42.6 Å². The van der Waals surface area contributed by atoms with Gasteiger partial charge in [-0.05, 0) is 30.5 Å². The van der Waals surface area contributed by atoms with Crippen molar-refractivity contribution in [3.63, 3.8) is 0 Å². The molecule has 2 aromatic rings. The molecule has 2 fully saturated rings. The number of amides is 3. The van der Waals surface area contributed by atoms with Crippen molar-refractivity contribution >= 4 is 23.5 Å². The highest BCUT2D eigenvalue weighted by Crippen LogP contribution is 2.41. The number of pyridine rings is 1. The molecule has 1 saturated heterocycles. The summed E-state index contributed by atoms with van der Waals surface area (Å²) < 4.78 is 26.9. The number of hydrogen-bond acceptors (Lipinski definition) is 5. The predicted octanol–water partition coefficient (Wildman–Crippen LogP) is 3.01. The molecular weight excluding hydrogens is 394 g/mol. The van der Waals surface area contributed by atoms with Gasteiger partial charge in [0.1, 0.15) is 11.4 Å². The monoisotopic (exact) mass is 414 g/mol. The summed E-state index contributed by atoms with van der Waals surface area (Å²) in [7, 11) is 0. The summed E-state index contributed by atoms with van der Waals surface area (Å²) in [6, 6.07) is 9.41. The molecule has 0 bridgehead atoms. The van der Waals surface area contributed by atoms with Crippen molar-refractivity contribution in [3.05, 3.63) is 48.2 Å². The molecule has 1 saturated carbocycles. The number of carbonyl (C=O) groups excluding carboxylic acids is 3. The molecule has 1 aromatic heterocycles. The number of imide groups is 1. The minimum atomic E-state index is -2.83. The number of nitrogen functional groups attached to an aromatic ring is 1. The highest BCUT2D eigenvalue weighted by molar-refractivity contribution is 6.11. The van der Waals surface area contributed by atoms with Gasteiger partial charge in [0, 0.05) is 30.2 Å². The van der Waals surface area contributed by atoms with Crippen LogP contribution in [0.4, 0.5) is 19.4 Å². The normalized spacial score (nSPS) is 19.7. The van der Waals surface area contributed by atoms with E-state index in [0.717, 1.165) is 16.0 Å². The first-order chi connectivity index (χ1) is 14.2. The highest BCUT2D eigenvalue weighted by Gasteiger charge is 2.55. The fourth-order valence-electron chi connectivity index (χ4n) is 3.93. The third-order valence-corrected chi connectivity index (χ3v) is 5.74. The third-order valence-electron chi connectivity index (χ3n) is 5.74. The zero-order valence-corrected chi connectivity index (χ0v) is 16.0. The van der Waals surface area contributed by atoms with Crippen LogP contribution in [0.3, 0.4) is 0 Å². The van der Waals surface area contributed by atoms with Crippen LogP contribution in [0.2, 0.25) is 0 Å². The molecule has 0 unspecified atom stereocenters. The van der Waals surface area contributed by atoms with Gasteiger partial charge in [-0.2, -0.15) is 0 Å². The first kappa shape index (κ1) is 19.9. The Morgan fingerprint density at radius 1 is 1.10 bits per heavy atom. The van der Waals surface area contributed by atoms with Crippen molar-refractivity contribution in [2.75, 3.05) is 12.3 Å². The van der Waals surface area contributed by atoms with Crippen LogP contribution < -0.4 is 11.1 Å². The van der Waals surface area contributed by atoms with Crippen LogP contribution in [0.25, 0.3) is 11.1 Å². The molecule has 1 spiro atoms. The number of hydrogen-bond donors (Lipinski definition) is 2. The molecule has 0 atom stereocenters. The molecular formula is C21H20F2N4O3. The van der Waals surface area contributed by atoms with Crippen LogP contribution in [0.15, 0.2) is 42.6 Å². The van der Waals surface area contributed by atoms with E-state index < -0.39 is 48.6 Å². The smallest absolute Gasteiger partial charge is 0.325 e. The molecule has 1 aliphatic heterocycles. The Morgan fingerprint density at radius 2 is 1.77 bits per heavy atom. The SMILES string of the molecule is Nc1ncccc1-c1ccc(C(=O)CN2C(=O)NC3(CCC(F)(F)CC3)C2=O)cc1. The van der Waals surface area contributed by atoms with Gasteiger partial charge in [-0.15, -0.1) is 0 Å². The van der Waals surface area contributed by atoms with Gasteiger partial charge in [-0.1, -0.05) is 24.3 Å². The van der Waals surface area contributed by atoms with Gasteiger partial charge >= 0.3 is 6.03 Å². The summed E-state index contributed by atoms with van der Waals surface area (Å²) >= 11 is 0. The van der Waals surface area contributed by atoms with Gasteiger partial charge in [-0.3, -0.25) is 14.5 Å². The van der Waals surface area contributed by atoms with Crippen molar-refractivity contribution in [1.29, 1.82) is 0 Å². The molecule has 2 heterocycles. The molecule has 3 N–H and O–H groups in total. The van der Waals surface area contributed by atoms with E-state index in [0.29, 0.717) is 11.4 Å². The number of aromatic nitrogens is 1. The van der Waals surface area contributed by atoms with Crippen molar-refractivity contribution in [2.45, 2.75) is 37.1 Å². The maximum Gasteiger partial charge on any atom is 0.325 e. The number of nitrogens with one attached hydrogen (secondary N) is 1. The average molecular weight is 414 g/mol. The number of nitrogens with zero attached hydrogens (tertiary/aromatic N) is 2. The fraction of sp³-hybridized carbons (Fsp3) is 0.333. The summed E-state index contributed by atoms with van der Waals surface area (Å²) in [6.07, 6.45) is 0.349. The highest BCUT2D eigenvalue weighted by atomic mass is 19.3. The third kappa shape index (κ3) is 3.51. The summed E-state index contributed by atoms with van der Waals surface area (Å²) in [5.74, 6) is -3.52. The Kier molecular flexibility index (Phi) is 4.76. The van der Waals surface area contributed by atoms with Crippen molar-refractivity contribution in [1.82, 2.24) is 15.2 Å². The number of urea groups is 1. The van der Waals surface area contributed by atoms with Gasteiger partial charge < -0.3 is 11.1 Å². The van der Waals surface area contributed by atoms with E-state index in [1.165, 1.54) is 0 Å². The largest absolute Gasteiger partial charge is 0.383 e. The Hall–Kier alpha value is -3.36. The topological polar surface area (TPSA) is 105 Å². The van der Waals surface area contributed by atoms with Gasteiger partial charge in [-0.25, -0.2) is 18.6 Å². The van der Waals surface area contributed by atoms with E-state index >= 15 is 0 Å². The summed E-state index contributed by atoms with van der Waals surface area (Å²) in [6.45, 7) is -0.447. The number of Topliss-reactive ketones (excluding diaryl/α,β-unsaturated/α-hetero) is 1. The molecule has 3 amide bonds. The van der Waals surface area contributed by atoms with E-state index in [9.17, 15) is 23.2 Å². The van der Waals surface area contributed by atoms with Crippen molar-refractivity contribution in [2.24, 2.45) is 0 Å². The lowest BCUT2D eigenvalue weighted by Gasteiger charge is -2.34. The second kappa shape index (κ2) is 7.16. The number of benzene rings is 1. The lowest BCUT2D eigenvalue weighted by molar-refractivity contribution is -0.135. The lowest BCUT2D eigenvalue weighted by Crippen LogP contribution is -2.51. The van der Waals surface area contributed by atoms with Crippen LogP contribution in [0.5, 0.6) is 0 Å². The minimum absolute atomic E-state index is 0.142. The van der Waals surface area contributed by atoms with Gasteiger partial charge in [0.15, 0.2) is 5.78 Å². The minimum Gasteiger partial charge on any atom is -0.383 e. The van der Waals surface area contributed by atoms with Crippen LogP contribution in [0, 0.1) is 0 Å². The van der Waals surface area contributed by atoms with Gasteiger partial charge in [0.05, 0.1) is 6.54 Å². The van der Waals surface area contributed by atoms with Crippen LogP contribution in [-0.2, 0) is 4.79 Å². The molecule has 1 aromatic carbocycles. The van der Waals surface area contributed by atoms with Gasteiger partial charge in [0.25, 0.3) is 5.91 Å². The number of alkyl halides is 2. The number of nitrogens with two attached hydrogens (primary N) is 1. The van der Waals surface area contributed by atoms with E-state index in [1.807, 2.05) is 0 Å². The Labute approximate surface area is 171 Å². The Morgan fingerprint density at radius 3 is 2.40 bits per heavy atom. The first-order valence-electron chi connectivity index (χ1n) is 9.57. The fourth-order valence-corrected chi connectivity index (χ4v) is 3.93. The zero-order chi connectivity index (χ0) is 21.5. The first-order valence-corrected chi connectivity index (χ1v) is 9.57. The van der Waals surface area contributed by atoms with Crippen LogP contribution >= 0.6 is 0 Å². The number of rotatable bonds is 4. The Bertz CT molecular complexity index is 1010. The number of ketones is 1. The molecule has 7 nitrogen and oxygen atoms in total. The summed E-state index contributed by atoms with van der Waals surface area (Å²) in [4.78, 5) is 42.6. The molecule has 4 rings (SSSR count).